The van der Waals surface area contributed by atoms with Gasteiger partial charge in [-0.15, -0.1) is 11.8 Å². The number of amides is 1. The molecule has 0 unspecified atom stereocenters. The van der Waals surface area contributed by atoms with Gasteiger partial charge in [-0.3, -0.25) is 4.79 Å². The van der Waals surface area contributed by atoms with Gasteiger partial charge in [-0.2, -0.15) is 0 Å². The number of aromatic nitrogens is 1. The molecular formula is C12H19N3OS2. The Hall–Kier alpha value is -0.750. The monoisotopic (exact) mass is 285 g/mol. The van der Waals surface area contributed by atoms with Crippen molar-refractivity contribution in [3.8, 4) is 0 Å². The summed E-state index contributed by atoms with van der Waals surface area (Å²) in [6.07, 6.45) is 6.04. The van der Waals surface area contributed by atoms with Crippen LogP contribution in [0.4, 0.5) is 5.13 Å². The van der Waals surface area contributed by atoms with Crippen molar-refractivity contribution in [3.05, 3.63) is 5.69 Å². The molecule has 2 rings (SSSR count). The van der Waals surface area contributed by atoms with Crippen LogP contribution >= 0.6 is 23.1 Å². The molecule has 4 nitrogen and oxygen atoms in total. The van der Waals surface area contributed by atoms with Gasteiger partial charge in [-0.05, 0) is 19.8 Å². The van der Waals surface area contributed by atoms with E-state index in [1.165, 1.54) is 42.4 Å². The zero-order valence-corrected chi connectivity index (χ0v) is 12.2. The van der Waals surface area contributed by atoms with Crippen LogP contribution in [0.5, 0.6) is 0 Å². The highest BCUT2D eigenvalue weighted by molar-refractivity contribution is 8.01. The number of carbonyl (C=O) groups is 1. The highest BCUT2D eigenvalue weighted by Gasteiger charge is 2.16. The van der Waals surface area contributed by atoms with E-state index in [9.17, 15) is 4.79 Å². The summed E-state index contributed by atoms with van der Waals surface area (Å²) in [6.45, 7) is 1.92. The quantitative estimate of drug-likeness (QED) is 0.834. The zero-order chi connectivity index (χ0) is 13.0. The van der Waals surface area contributed by atoms with Gasteiger partial charge >= 0.3 is 0 Å². The summed E-state index contributed by atoms with van der Waals surface area (Å²) in [5, 5.41) is 3.68. The van der Waals surface area contributed by atoms with E-state index in [2.05, 4.69) is 10.3 Å². The van der Waals surface area contributed by atoms with Gasteiger partial charge in [-0.1, -0.05) is 30.6 Å². The molecule has 18 heavy (non-hydrogen) atoms. The molecule has 1 aliphatic rings. The number of hydrogen-bond donors (Lipinski definition) is 2. The number of nitrogens with two attached hydrogens (primary N) is 1. The zero-order valence-electron chi connectivity index (χ0n) is 10.6. The van der Waals surface area contributed by atoms with Crippen molar-refractivity contribution >= 4 is 34.1 Å². The lowest BCUT2D eigenvalue weighted by molar-refractivity contribution is -0.119. The van der Waals surface area contributed by atoms with Crippen LogP contribution in [0.1, 0.15) is 37.8 Å². The number of nitrogens with zero attached hydrogens (tertiary/aromatic N) is 1. The summed E-state index contributed by atoms with van der Waals surface area (Å²) in [6, 6.07) is 0.388. The minimum atomic E-state index is 0.123. The number of rotatable bonds is 4. The van der Waals surface area contributed by atoms with Gasteiger partial charge in [0.05, 0.1) is 15.7 Å². The van der Waals surface area contributed by atoms with Gasteiger partial charge < -0.3 is 11.1 Å². The largest absolute Gasteiger partial charge is 0.375 e. The molecule has 0 atom stereocenters. The van der Waals surface area contributed by atoms with Crippen molar-refractivity contribution in [2.45, 2.75) is 49.3 Å². The van der Waals surface area contributed by atoms with Gasteiger partial charge in [0.25, 0.3) is 0 Å². The Kier molecular flexibility index (Phi) is 4.88. The smallest absolute Gasteiger partial charge is 0.230 e. The lowest BCUT2D eigenvalue weighted by atomic mass is 9.95. The first-order valence-electron chi connectivity index (χ1n) is 6.30. The summed E-state index contributed by atoms with van der Waals surface area (Å²) in [5.41, 5.74) is 6.55. The number of nitrogen functional groups attached to an aromatic ring is 1. The van der Waals surface area contributed by atoms with E-state index in [-0.39, 0.29) is 5.91 Å². The average molecular weight is 285 g/mol. The summed E-state index contributed by atoms with van der Waals surface area (Å²) >= 11 is 2.98. The molecule has 1 amide bonds. The molecule has 6 heteroatoms. The topological polar surface area (TPSA) is 68.0 Å². The fraction of sp³-hybridized carbons (Fsp3) is 0.667. The third-order valence-corrected chi connectivity index (χ3v) is 5.42. The van der Waals surface area contributed by atoms with Crippen LogP contribution in [0.15, 0.2) is 4.21 Å². The first kappa shape index (κ1) is 13.7. The summed E-state index contributed by atoms with van der Waals surface area (Å²) in [5.74, 6) is 0.581. The maximum atomic E-state index is 11.8. The lowest BCUT2D eigenvalue weighted by Gasteiger charge is -2.22. The second-order valence-corrected chi connectivity index (χ2v) is 6.89. The molecule has 0 aromatic carbocycles. The first-order chi connectivity index (χ1) is 8.65. The number of aryl methyl sites for hydroxylation is 1. The Morgan fingerprint density at radius 3 is 2.83 bits per heavy atom. The molecule has 1 heterocycles. The van der Waals surface area contributed by atoms with Crippen LogP contribution in [0, 0.1) is 6.92 Å². The summed E-state index contributed by atoms with van der Waals surface area (Å²) < 4.78 is 1.05. The van der Waals surface area contributed by atoms with E-state index in [1.54, 1.807) is 0 Å². The van der Waals surface area contributed by atoms with E-state index in [0.29, 0.717) is 16.9 Å². The van der Waals surface area contributed by atoms with E-state index in [4.69, 9.17) is 5.73 Å². The molecular weight excluding hydrogens is 266 g/mol. The number of thioether (sulfide) groups is 1. The fourth-order valence-corrected chi connectivity index (χ4v) is 4.02. The van der Waals surface area contributed by atoms with Gasteiger partial charge in [0, 0.05) is 6.04 Å². The third-order valence-electron chi connectivity index (χ3n) is 3.08. The van der Waals surface area contributed by atoms with E-state index >= 15 is 0 Å². The molecule has 0 spiro atoms. The van der Waals surface area contributed by atoms with Crippen molar-refractivity contribution in [1.29, 1.82) is 0 Å². The lowest BCUT2D eigenvalue weighted by Crippen LogP contribution is -2.37. The van der Waals surface area contributed by atoms with Crippen LogP contribution in [-0.4, -0.2) is 22.7 Å². The molecule has 1 saturated carbocycles. The second-order valence-electron chi connectivity index (χ2n) is 4.62. The van der Waals surface area contributed by atoms with Crippen molar-refractivity contribution in [2.75, 3.05) is 11.5 Å². The predicted octanol–water partition coefficient (Wildman–Crippen LogP) is 2.57. The van der Waals surface area contributed by atoms with Crippen LogP contribution in [-0.2, 0) is 4.79 Å². The van der Waals surface area contributed by atoms with Gasteiger partial charge in [0.2, 0.25) is 5.91 Å². The van der Waals surface area contributed by atoms with Gasteiger partial charge in [0.15, 0.2) is 5.13 Å². The Labute approximate surface area is 116 Å². The van der Waals surface area contributed by atoms with Gasteiger partial charge in [0.1, 0.15) is 0 Å². The van der Waals surface area contributed by atoms with Crippen LogP contribution in [0.25, 0.3) is 0 Å². The number of anilines is 1. The molecule has 1 fully saturated rings. The Morgan fingerprint density at radius 2 is 2.22 bits per heavy atom. The SMILES string of the molecule is Cc1nc(N)sc1SCC(=O)NC1CCCCC1. The minimum Gasteiger partial charge on any atom is -0.375 e. The summed E-state index contributed by atoms with van der Waals surface area (Å²) in [4.78, 5) is 16.0. The van der Waals surface area contributed by atoms with Crippen molar-refractivity contribution in [1.82, 2.24) is 10.3 Å². The van der Waals surface area contributed by atoms with Crippen molar-refractivity contribution in [2.24, 2.45) is 0 Å². The van der Waals surface area contributed by atoms with Crippen LogP contribution in [0.3, 0.4) is 0 Å². The molecule has 0 bridgehead atoms. The highest BCUT2D eigenvalue weighted by atomic mass is 32.2. The normalized spacial score (nSPS) is 16.7. The number of hydrogen-bond acceptors (Lipinski definition) is 5. The molecule has 1 aromatic rings. The fourth-order valence-electron chi connectivity index (χ4n) is 2.18. The van der Waals surface area contributed by atoms with E-state index < -0.39 is 0 Å². The second kappa shape index (κ2) is 6.43. The average Bonchev–Trinajstić information content (AvgIpc) is 2.66. The molecule has 3 N–H and O–H groups in total. The van der Waals surface area contributed by atoms with Crippen molar-refractivity contribution < 1.29 is 4.79 Å². The third kappa shape index (κ3) is 3.88. The molecule has 0 saturated heterocycles. The molecule has 1 aliphatic carbocycles. The van der Waals surface area contributed by atoms with Crippen LogP contribution < -0.4 is 11.1 Å². The Morgan fingerprint density at radius 1 is 1.50 bits per heavy atom. The molecule has 0 aliphatic heterocycles. The van der Waals surface area contributed by atoms with Gasteiger partial charge in [-0.25, -0.2) is 4.98 Å². The van der Waals surface area contributed by atoms with Crippen LogP contribution in [0.2, 0.25) is 0 Å². The number of nitrogens with one attached hydrogen (secondary N) is 1. The Balaban J connectivity index is 1.75. The minimum absolute atomic E-state index is 0.123. The standard InChI is InChI=1S/C12H19N3OS2/c1-8-11(18-12(13)14-8)17-7-10(16)15-9-5-3-2-4-6-9/h9H,2-7H2,1H3,(H2,13,14)(H,15,16). The van der Waals surface area contributed by atoms with E-state index in [0.717, 1.165) is 22.7 Å². The summed E-state index contributed by atoms with van der Waals surface area (Å²) in [7, 11) is 0. The molecule has 0 radical (unpaired) electrons. The predicted molar refractivity (Wildman–Crippen MR) is 77.0 cm³/mol. The van der Waals surface area contributed by atoms with Crippen molar-refractivity contribution in [3.63, 3.8) is 0 Å². The Bertz CT molecular complexity index is 413. The first-order valence-corrected chi connectivity index (χ1v) is 8.10. The number of thiazole rings is 1. The number of carbonyl (C=O) groups excluding carboxylic acids is 1. The maximum Gasteiger partial charge on any atom is 0.230 e. The van der Waals surface area contributed by atoms with E-state index in [1.807, 2.05) is 6.92 Å². The maximum absolute atomic E-state index is 11.8. The highest BCUT2D eigenvalue weighted by Crippen LogP contribution is 2.30. The molecule has 100 valence electrons. The molecule has 1 aromatic heterocycles.